The van der Waals surface area contributed by atoms with Crippen molar-refractivity contribution in [1.29, 1.82) is 0 Å². The average molecular weight is 270 g/mol. The molecule has 0 radical (unpaired) electrons. The molecule has 19 heavy (non-hydrogen) atoms. The minimum atomic E-state index is -0.541. The minimum Gasteiger partial charge on any atom is -0.469 e. The second-order valence-corrected chi connectivity index (χ2v) is 6.22. The smallest absolute Gasteiger partial charge is 0.407 e. The number of ether oxygens (including phenoxy) is 2. The molecule has 2 aliphatic rings. The van der Waals surface area contributed by atoms with Gasteiger partial charge < -0.3 is 20.1 Å². The first-order chi connectivity index (χ1) is 8.81. The van der Waals surface area contributed by atoms with Crippen LogP contribution in [0.5, 0.6) is 0 Å². The maximum Gasteiger partial charge on any atom is 0.407 e. The lowest BCUT2D eigenvalue weighted by atomic mass is 9.91. The Morgan fingerprint density at radius 3 is 2.47 bits per heavy atom. The van der Waals surface area contributed by atoms with Crippen LogP contribution in [-0.2, 0) is 14.3 Å². The van der Waals surface area contributed by atoms with Crippen LogP contribution < -0.4 is 10.6 Å². The molecule has 1 saturated carbocycles. The van der Waals surface area contributed by atoms with Gasteiger partial charge in [0, 0.05) is 18.5 Å². The molecule has 0 aromatic heterocycles. The van der Waals surface area contributed by atoms with Crippen LogP contribution in [0.15, 0.2) is 0 Å². The van der Waals surface area contributed by atoms with E-state index in [-0.39, 0.29) is 23.8 Å². The number of alkyl carbamates (subject to hydrolysis) is 1. The molecule has 0 bridgehead atoms. The Morgan fingerprint density at radius 1 is 1.32 bits per heavy atom. The first-order valence-corrected chi connectivity index (χ1v) is 6.62. The molecule has 4 unspecified atom stereocenters. The minimum absolute atomic E-state index is 0.200. The number of fused-ring (bicyclic) bond motifs is 1. The van der Waals surface area contributed by atoms with E-state index in [9.17, 15) is 9.59 Å². The molecule has 108 valence electrons. The molecule has 1 heterocycles. The summed E-state index contributed by atoms with van der Waals surface area (Å²) in [5.41, 5.74) is -0.541. The monoisotopic (exact) mass is 270 g/mol. The maximum absolute atomic E-state index is 11.8. The number of carbonyl (C=O) groups is 2. The molecule has 2 rings (SSSR count). The van der Waals surface area contributed by atoms with Crippen LogP contribution in [0.25, 0.3) is 0 Å². The van der Waals surface area contributed by atoms with Crippen LogP contribution in [0, 0.1) is 11.8 Å². The summed E-state index contributed by atoms with van der Waals surface area (Å²) in [6, 6.07) is 0.0950. The lowest BCUT2D eigenvalue weighted by Crippen LogP contribution is -2.57. The SMILES string of the molecule is COC(=O)C1CC2NCC2C1NC(=O)OC(C)(C)C. The van der Waals surface area contributed by atoms with Gasteiger partial charge >= 0.3 is 12.1 Å². The molecule has 1 aliphatic heterocycles. The highest BCUT2D eigenvalue weighted by Crippen LogP contribution is 2.37. The van der Waals surface area contributed by atoms with Crippen molar-refractivity contribution in [2.24, 2.45) is 11.8 Å². The molecule has 2 fully saturated rings. The van der Waals surface area contributed by atoms with Crippen molar-refractivity contribution in [3.8, 4) is 0 Å². The summed E-state index contributed by atoms with van der Waals surface area (Å²) < 4.78 is 10.1. The zero-order chi connectivity index (χ0) is 14.2. The lowest BCUT2D eigenvalue weighted by Gasteiger charge is -2.36. The Hall–Kier alpha value is -1.30. The van der Waals surface area contributed by atoms with Crippen LogP contribution in [0.2, 0.25) is 0 Å². The van der Waals surface area contributed by atoms with Crippen LogP contribution >= 0.6 is 0 Å². The van der Waals surface area contributed by atoms with Gasteiger partial charge in [-0.15, -0.1) is 0 Å². The van der Waals surface area contributed by atoms with Crippen LogP contribution in [0.3, 0.4) is 0 Å². The topological polar surface area (TPSA) is 76.7 Å². The van der Waals surface area contributed by atoms with E-state index in [1.807, 2.05) is 20.8 Å². The van der Waals surface area contributed by atoms with Crippen LogP contribution in [0.1, 0.15) is 27.2 Å². The molecule has 1 saturated heterocycles. The predicted octanol–water partition coefficient (Wildman–Crippen LogP) is 0.661. The number of rotatable bonds is 2. The van der Waals surface area contributed by atoms with Crippen molar-refractivity contribution in [1.82, 2.24) is 10.6 Å². The molecule has 6 heteroatoms. The zero-order valence-electron chi connectivity index (χ0n) is 11.9. The number of nitrogens with one attached hydrogen (secondary N) is 2. The molecule has 4 atom stereocenters. The molecule has 0 spiro atoms. The Bertz CT molecular complexity index is 377. The van der Waals surface area contributed by atoms with E-state index in [1.54, 1.807) is 0 Å². The van der Waals surface area contributed by atoms with E-state index in [4.69, 9.17) is 9.47 Å². The van der Waals surface area contributed by atoms with Crippen molar-refractivity contribution in [3.05, 3.63) is 0 Å². The normalized spacial score (nSPS) is 33.1. The van der Waals surface area contributed by atoms with Gasteiger partial charge in [-0.1, -0.05) is 0 Å². The van der Waals surface area contributed by atoms with Crippen molar-refractivity contribution in [2.45, 2.75) is 44.9 Å². The summed E-state index contributed by atoms with van der Waals surface area (Å²) >= 11 is 0. The van der Waals surface area contributed by atoms with Gasteiger partial charge in [-0.2, -0.15) is 0 Å². The second-order valence-electron chi connectivity index (χ2n) is 6.22. The third-order valence-corrected chi connectivity index (χ3v) is 3.72. The summed E-state index contributed by atoms with van der Waals surface area (Å²) in [5, 5.41) is 6.10. The Kier molecular flexibility index (Phi) is 3.71. The van der Waals surface area contributed by atoms with Gasteiger partial charge in [0.1, 0.15) is 5.60 Å². The number of carbonyl (C=O) groups excluding carboxylic acids is 2. The molecular formula is C13H22N2O4. The molecule has 0 aromatic carbocycles. The van der Waals surface area contributed by atoms with Gasteiger partial charge in [-0.3, -0.25) is 4.79 Å². The van der Waals surface area contributed by atoms with Gasteiger partial charge in [0.2, 0.25) is 0 Å². The van der Waals surface area contributed by atoms with E-state index in [2.05, 4.69) is 10.6 Å². The van der Waals surface area contributed by atoms with E-state index in [0.717, 1.165) is 6.54 Å². The molecular weight excluding hydrogens is 248 g/mol. The fourth-order valence-corrected chi connectivity index (χ4v) is 2.82. The first-order valence-electron chi connectivity index (χ1n) is 6.62. The van der Waals surface area contributed by atoms with Gasteiger partial charge in [0.25, 0.3) is 0 Å². The quantitative estimate of drug-likeness (QED) is 0.721. The van der Waals surface area contributed by atoms with E-state index in [1.165, 1.54) is 7.11 Å². The highest BCUT2D eigenvalue weighted by atomic mass is 16.6. The molecule has 0 aromatic rings. The molecule has 1 amide bonds. The number of esters is 1. The number of hydrogen-bond donors (Lipinski definition) is 2. The van der Waals surface area contributed by atoms with Crippen molar-refractivity contribution < 1.29 is 19.1 Å². The summed E-state index contributed by atoms with van der Waals surface area (Å²) in [6.07, 6.45) is 0.233. The van der Waals surface area contributed by atoms with Crippen LogP contribution in [0.4, 0.5) is 4.79 Å². The van der Waals surface area contributed by atoms with Gasteiger partial charge in [0.15, 0.2) is 0 Å². The summed E-state index contributed by atoms with van der Waals surface area (Å²) in [4.78, 5) is 23.6. The summed E-state index contributed by atoms with van der Waals surface area (Å²) in [6.45, 7) is 6.25. The largest absolute Gasteiger partial charge is 0.469 e. The Labute approximate surface area is 113 Å². The predicted molar refractivity (Wildman–Crippen MR) is 68.6 cm³/mol. The third kappa shape index (κ3) is 3.00. The van der Waals surface area contributed by atoms with Crippen molar-refractivity contribution in [3.63, 3.8) is 0 Å². The van der Waals surface area contributed by atoms with Crippen molar-refractivity contribution in [2.75, 3.05) is 13.7 Å². The van der Waals surface area contributed by atoms with E-state index < -0.39 is 11.7 Å². The summed E-state index contributed by atoms with van der Waals surface area (Å²) in [7, 11) is 1.38. The van der Waals surface area contributed by atoms with Gasteiger partial charge in [-0.25, -0.2) is 4.79 Å². The standard InChI is InChI=1S/C13H22N2O4/c1-13(2,3)19-12(17)15-10-7(11(16)18-4)5-9-8(10)6-14-9/h7-10,14H,5-6H2,1-4H3,(H,15,17). The van der Waals surface area contributed by atoms with Gasteiger partial charge in [-0.05, 0) is 27.2 Å². The Morgan fingerprint density at radius 2 is 2.00 bits per heavy atom. The van der Waals surface area contributed by atoms with E-state index >= 15 is 0 Å². The fraction of sp³-hybridized carbons (Fsp3) is 0.846. The molecule has 6 nitrogen and oxygen atoms in total. The zero-order valence-corrected chi connectivity index (χ0v) is 11.9. The highest BCUT2D eigenvalue weighted by molar-refractivity contribution is 5.76. The molecule has 2 N–H and O–H groups in total. The number of amides is 1. The highest BCUT2D eigenvalue weighted by Gasteiger charge is 2.52. The second kappa shape index (κ2) is 5.00. The summed E-state index contributed by atoms with van der Waals surface area (Å²) in [5.74, 6) is -0.267. The van der Waals surface area contributed by atoms with Crippen molar-refractivity contribution >= 4 is 12.1 Å². The first kappa shape index (κ1) is 14.1. The fourth-order valence-electron chi connectivity index (χ4n) is 2.82. The third-order valence-electron chi connectivity index (χ3n) is 3.72. The van der Waals surface area contributed by atoms with Crippen LogP contribution in [-0.4, -0.2) is 43.4 Å². The Balaban J connectivity index is 2.00. The molecule has 1 aliphatic carbocycles. The maximum atomic E-state index is 11.8. The van der Waals surface area contributed by atoms with Gasteiger partial charge in [0.05, 0.1) is 19.1 Å². The number of hydrogen-bond acceptors (Lipinski definition) is 5. The average Bonchev–Trinajstić information content (AvgIpc) is 2.46. The van der Waals surface area contributed by atoms with E-state index in [0.29, 0.717) is 12.5 Å². The number of methoxy groups -OCH3 is 1. The lowest BCUT2D eigenvalue weighted by molar-refractivity contribution is -0.145.